The first-order chi connectivity index (χ1) is 17.4. The number of rotatable bonds is 6. The van der Waals surface area contributed by atoms with Gasteiger partial charge >= 0.3 is 12.2 Å². The number of aromatic nitrogens is 2. The van der Waals surface area contributed by atoms with Crippen molar-refractivity contribution >= 4 is 22.6 Å². The molecule has 37 heavy (non-hydrogen) atoms. The molecule has 0 saturated heterocycles. The van der Waals surface area contributed by atoms with Crippen LogP contribution in [0.3, 0.4) is 0 Å². The lowest BCUT2D eigenvalue weighted by Crippen LogP contribution is -2.31. The molecule has 194 valence electrons. The molecule has 2 amide bonds. The van der Waals surface area contributed by atoms with Crippen molar-refractivity contribution in [1.29, 1.82) is 0 Å². The Bertz CT molecular complexity index is 1420. The zero-order valence-corrected chi connectivity index (χ0v) is 19.8. The van der Waals surface area contributed by atoms with Gasteiger partial charge in [-0.15, -0.1) is 0 Å². The van der Waals surface area contributed by atoms with Crippen molar-refractivity contribution in [3.05, 3.63) is 83.2 Å². The molecule has 0 radical (unpaired) electrons. The number of carbonyl (C=O) groups excluding carboxylic acids is 1. The van der Waals surface area contributed by atoms with Crippen LogP contribution < -0.4 is 10.6 Å². The molecule has 1 heterocycles. The summed E-state index contributed by atoms with van der Waals surface area (Å²) in [6, 6.07) is 10.2. The van der Waals surface area contributed by atoms with E-state index in [0.717, 1.165) is 10.7 Å². The standard InChI is InChI=1S/C26H22F6N4O/c1-14(2)12-33-25(37)34-17-8-6-15(7-9-17)24-18-4-3-5-20(26(30,31)32)23(18)35-36(24)13-19-21(28)10-16(27)11-22(19)29/h3-11,14H,12-13H2,1-2H3,(H2,33,34,37). The van der Waals surface area contributed by atoms with Gasteiger partial charge in [0.1, 0.15) is 23.0 Å². The number of alkyl halides is 3. The predicted octanol–water partition coefficient (Wildman–Crippen LogP) is 6.97. The molecule has 4 aromatic rings. The summed E-state index contributed by atoms with van der Waals surface area (Å²) in [6.07, 6.45) is -4.72. The van der Waals surface area contributed by atoms with Crippen LogP contribution in [0.4, 0.5) is 36.8 Å². The quantitative estimate of drug-likeness (QED) is 0.270. The van der Waals surface area contributed by atoms with Crippen molar-refractivity contribution in [2.24, 2.45) is 5.92 Å². The number of urea groups is 1. The van der Waals surface area contributed by atoms with Crippen LogP contribution in [-0.4, -0.2) is 22.4 Å². The minimum Gasteiger partial charge on any atom is -0.338 e. The average Bonchev–Trinajstić information content (AvgIpc) is 3.18. The number of halogens is 6. The van der Waals surface area contributed by atoms with Gasteiger partial charge in [-0.1, -0.05) is 38.1 Å². The van der Waals surface area contributed by atoms with Crippen LogP contribution in [0.1, 0.15) is 25.0 Å². The molecular weight excluding hydrogens is 498 g/mol. The molecule has 0 atom stereocenters. The van der Waals surface area contributed by atoms with Crippen molar-refractivity contribution in [3.8, 4) is 11.3 Å². The molecule has 5 nitrogen and oxygen atoms in total. The summed E-state index contributed by atoms with van der Waals surface area (Å²) in [7, 11) is 0. The third-order valence-corrected chi connectivity index (χ3v) is 5.58. The lowest BCUT2D eigenvalue weighted by molar-refractivity contribution is -0.136. The highest BCUT2D eigenvalue weighted by Crippen LogP contribution is 2.38. The Balaban J connectivity index is 1.79. The number of benzene rings is 3. The Morgan fingerprint density at radius 2 is 1.65 bits per heavy atom. The van der Waals surface area contributed by atoms with E-state index in [2.05, 4.69) is 15.7 Å². The van der Waals surface area contributed by atoms with E-state index in [1.807, 2.05) is 13.8 Å². The van der Waals surface area contributed by atoms with Gasteiger partial charge in [-0.25, -0.2) is 18.0 Å². The highest BCUT2D eigenvalue weighted by Gasteiger charge is 2.34. The topological polar surface area (TPSA) is 59.0 Å². The number of hydrogen-bond acceptors (Lipinski definition) is 2. The molecule has 0 aliphatic rings. The summed E-state index contributed by atoms with van der Waals surface area (Å²) in [6.45, 7) is 3.76. The Labute approximate surface area is 208 Å². The van der Waals surface area contributed by atoms with E-state index in [0.29, 0.717) is 29.9 Å². The van der Waals surface area contributed by atoms with Crippen molar-refractivity contribution in [1.82, 2.24) is 15.1 Å². The van der Waals surface area contributed by atoms with Crippen molar-refractivity contribution in [2.45, 2.75) is 26.6 Å². The van der Waals surface area contributed by atoms with E-state index in [4.69, 9.17) is 0 Å². The molecule has 0 fully saturated rings. The summed E-state index contributed by atoms with van der Waals surface area (Å²) in [4.78, 5) is 12.0. The van der Waals surface area contributed by atoms with Crippen LogP contribution in [-0.2, 0) is 12.7 Å². The molecule has 0 saturated carbocycles. The number of hydrogen-bond donors (Lipinski definition) is 2. The van der Waals surface area contributed by atoms with Crippen LogP contribution in [0.5, 0.6) is 0 Å². The van der Waals surface area contributed by atoms with E-state index in [9.17, 15) is 31.1 Å². The highest BCUT2D eigenvalue weighted by molar-refractivity contribution is 5.96. The maximum absolute atomic E-state index is 14.4. The van der Waals surface area contributed by atoms with E-state index in [-0.39, 0.29) is 17.0 Å². The number of carbonyl (C=O) groups is 1. The lowest BCUT2D eigenvalue weighted by atomic mass is 10.0. The molecule has 0 spiro atoms. The van der Waals surface area contributed by atoms with Crippen molar-refractivity contribution in [3.63, 3.8) is 0 Å². The van der Waals surface area contributed by atoms with Crippen LogP contribution in [0.15, 0.2) is 54.6 Å². The van der Waals surface area contributed by atoms with E-state index in [1.165, 1.54) is 12.1 Å². The number of nitrogens with zero attached hydrogens (tertiary/aromatic N) is 2. The summed E-state index contributed by atoms with van der Waals surface area (Å²) in [5.41, 5.74) is -0.984. The Morgan fingerprint density at radius 3 is 2.24 bits per heavy atom. The van der Waals surface area contributed by atoms with E-state index < -0.39 is 52.8 Å². The minimum atomic E-state index is -4.72. The van der Waals surface area contributed by atoms with Gasteiger partial charge in [-0.2, -0.15) is 18.3 Å². The second-order valence-corrected chi connectivity index (χ2v) is 8.86. The van der Waals surface area contributed by atoms with E-state index in [1.54, 1.807) is 24.3 Å². The van der Waals surface area contributed by atoms with Gasteiger partial charge < -0.3 is 10.6 Å². The second-order valence-electron chi connectivity index (χ2n) is 8.86. The number of nitrogens with one attached hydrogen (secondary N) is 2. The fourth-order valence-electron chi connectivity index (χ4n) is 3.86. The van der Waals surface area contributed by atoms with Crippen molar-refractivity contribution in [2.75, 3.05) is 11.9 Å². The lowest BCUT2D eigenvalue weighted by Gasteiger charge is -2.12. The van der Waals surface area contributed by atoms with Crippen molar-refractivity contribution < 1.29 is 31.1 Å². The molecule has 4 rings (SSSR count). The molecule has 0 aliphatic carbocycles. The number of amides is 2. The van der Waals surface area contributed by atoms with Crippen LogP contribution in [0, 0.1) is 23.4 Å². The number of anilines is 1. The Morgan fingerprint density at radius 1 is 1.00 bits per heavy atom. The van der Waals surface area contributed by atoms with Gasteiger partial charge in [0.2, 0.25) is 0 Å². The normalized spacial score (nSPS) is 11.8. The summed E-state index contributed by atoms with van der Waals surface area (Å²) in [5, 5.41) is 9.52. The third kappa shape index (κ3) is 5.71. The molecule has 1 aromatic heterocycles. The van der Waals surface area contributed by atoms with E-state index >= 15 is 0 Å². The largest absolute Gasteiger partial charge is 0.418 e. The monoisotopic (exact) mass is 520 g/mol. The maximum Gasteiger partial charge on any atom is 0.418 e. The first kappa shape index (κ1) is 26.1. The summed E-state index contributed by atoms with van der Waals surface area (Å²) < 4.78 is 84.3. The van der Waals surface area contributed by atoms with Gasteiger partial charge in [0.15, 0.2) is 0 Å². The third-order valence-electron chi connectivity index (χ3n) is 5.58. The summed E-state index contributed by atoms with van der Waals surface area (Å²) >= 11 is 0. The van der Waals surface area contributed by atoms with Gasteiger partial charge in [0, 0.05) is 40.9 Å². The van der Waals surface area contributed by atoms with Gasteiger partial charge in [0.25, 0.3) is 0 Å². The van der Waals surface area contributed by atoms with Crippen LogP contribution >= 0.6 is 0 Å². The van der Waals surface area contributed by atoms with Crippen LogP contribution in [0.25, 0.3) is 22.2 Å². The fraction of sp³-hybridized carbons (Fsp3) is 0.231. The maximum atomic E-state index is 14.4. The Kier molecular flexibility index (Phi) is 7.15. The zero-order valence-electron chi connectivity index (χ0n) is 19.8. The van der Waals surface area contributed by atoms with Gasteiger partial charge in [0.05, 0.1) is 17.8 Å². The molecule has 0 bridgehead atoms. The second kappa shape index (κ2) is 10.2. The molecule has 11 heteroatoms. The predicted molar refractivity (Wildman–Crippen MR) is 127 cm³/mol. The highest BCUT2D eigenvalue weighted by atomic mass is 19.4. The molecular formula is C26H22F6N4O. The Hall–Kier alpha value is -4.02. The van der Waals surface area contributed by atoms with Gasteiger partial charge in [-0.05, 0) is 24.1 Å². The zero-order chi connectivity index (χ0) is 26.9. The molecule has 3 aromatic carbocycles. The minimum absolute atomic E-state index is 0.105. The first-order valence-corrected chi connectivity index (χ1v) is 11.3. The number of fused-ring (bicyclic) bond motifs is 1. The molecule has 0 aliphatic heterocycles. The fourth-order valence-corrected chi connectivity index (χ4v) is 3.86. The summed E-state index contributed by atoms with van der Waals surface area (Å²) in [5.74, 6) is -3.25. The average molecular weight is 520 g/mol. The molecule has 0 unspecified atom stereocenters. The van der Waals surface area contributed by atoms with Crippen LogP contribution in [0.2, 0.25) is 0 Å². The van der Waals surface area contributed by atoms with Gasteiger partial charge in [-0.3, -0.25) is 4.68 Å². The smallest absolute Gasteiger partial charge is 0.338 e. The first-order valence-electron chi connectivity index (χ1n) is 11.3. The molecule has 2 N–H and O–H groups in total. The SMILES string of the molecule is CC(C)CNC(=O)Nc1ccc(-c2c3cccc(C(F)(F)F)c3nn2Cc2c(F)cc(F)cc2F)cc1.